The molecular weight excluding hydrogens is 322 g/mol. The quantitative estimate of drug-likeness (QED) is 0.775. The van der Waals surface area contributed by atoms with Crippen LogP contribution < -0.4 is 4.74 Å². The minimum absolute atomic E-state index is 0.102. The Balaban J connectivity index is 1.64. The zero-order chi connectivity index (χ0) is 16.8. The highest BCUT2D eigenvalue weighted by Crippen LogP contribution is 2.18. The molecule has 3 rings (SSSR count). The molecule has 0 aromatic heterocycles. The second kappa shape index (κ2) is 7.64. The van der Waals surface area contributed by atoms with Crippen molar-refractivity contribution >= 4 is 9.84 Å². The van der Waals surface area contributed by atoms with Crippen LogP contribution in [0.2, 0.25) is 0 Å². The van der Waals surface area contributed by atoms with Crippen LogP contribution in [0.25, 0.3) is 0 Å². The van der Waals surface area contributed by atoms with Gasteiger partial charge >= 0.3 is 0 Å². The second-order valence-corrected chi connectivity index (χ2v) is 7.77. The third kappa shape index (κ3) is 4.69. The number of para-hydroxylation sites is 1. The monoisotopic (exact) mass is 343 g/mol. The molecule has 0 saturated carbocycles. The molecule has 24 heavy (non-hydrogen) atoms. The first-order chi connectivity index (χ1) is 11.6. The van der Waals surface area contributed by atoms with Crippen molar-refractivity contribution < 1.29 is 13.2 Å². The first kappa shape index (κ1) is 16.7. The van der Waals surface area contributed by atoms with Gasteiger partial charge in [0.15, 0.2) is 9.84 Å². The lowest BCUT2D eigenvalue weighted by Crippen LogP contribution is -2.38. The Labute approximate surface area is 143 Å². The topological polar surface area (TPSA) is 46.6 Å². The molecule has 1 aliphatic rings. The highest BCUT2D eigenvalue weighted by atomic mass is 32.2. The minimum Gasteiger partial charge on any atom is -0.492 e. The van der Waals surface area contributed by atoms with E-state index in [2.05, 4.69) is 17.0 Å². The van der Waals surface area contributed by atoms with Crippen LogP contribution in [0.3, 0.4) is 0 Å². The van der Waals surface area contributed by atoms with E-state index in [9.17, 15) is 8.42 Å². The first-order valence-electron chi connectivity index (χ1n) is 7.99. The van der Waals surface area contributed by atoms with Crippen LogP contribution in [0, 0.1) is 0 Å². The molecule has 1 heterocycles. The highest BCUT2D eigenvalue weighted by molar-refractivity contribution is 7.94. The lowest BCUT2D eigenvalue weighted by molar-refractivity contribution is 0.184. The summed E-state index contributed by atoms with van der Waals surface area (Å²) in [5, 5.41) is 1.33. The first-order valence-corrected chi connectivity index (χ1v) is 9.71. The lowest BCUT2D eigenvalue weighted by Gasteiger charge is -2.27. The van der Waals surface area contributed by atoms with Crippen molar-refractivity contribution in [2.24, 2.45) is 0 Å². The molecule has 1 unspecified atom stereocenters. The van der Waals surface area contributed by atoms with Gasteiger partial charge in [0.1, 0.15) is 12.4 Å². The third-order valence-corrected chi connectivity index (χ3v) is 5.38. The maximum Gasteiger partial charge on any atom is 0.173 e. The Bertz CT molecular complexity index is 773. The highest BCUT2D eigenvalue weighted by Gasteiger charge is 2.27. The Morgan fingerprint density at radius 3 is 2.29 bits per heavy atom. The van der Waals surface area contributed by atoms with Gasteiger partial charge in [0.05, 0.1) is 5.75 Å². The second-order valence-electron chi connectivity index (χ2n) is 5.84. The Hall–Kier alpha value is -2.11. The van der Waals surface area contributed by atoms with Crippen molar-refractivity contribution in [3.05, 3.63) is 77.7 Å². The normalized spacial score (nSPS) is 18.8. The van der Waals surface area contributed by atoms with Gasteiger partial charge in [-0.2, -0.15) is 0 Å². The van der Waals surface area contributed by atoms with Gasteiger partial charge in [-0.3, -0.25) is 4.90 Å². The third-order valence-electron chi connectivity index (χ3n) is 4.00. The number of rotatable bonds is 7. The molecule has 0 spiro atoms. The van der Waals surface area contributed by atoms with Crippen molar-refractivity contribution in [1.82, 2.24) is 4.90 Å². The fraction of sp³-hybridized carbons (Fsp3) is 0.263. The molecule has 0 amide bonds. The molecule has 2 aromatic rings. The number of sulfone groups is 1. The van der Waals surface area contributed by atoms with E-state index in [0.717, 1.165) is 11.3 Å². The van der Waals surface area contributed by atoms with Gasteiger partial charge < -0.3 is 4.74 Å². The molecule has 5 heteroatoms. The molecule has 0 saturated heterocycles. The van der Waals surface area contributed by atoms with E-state index in [0.29, 0.717) is 19.7 Å². The molecule has 0 radical (unpaired) electrons. The zero-order valence-corrected chi connectivity index (χ0v) is 14.2. The van der Waals surface area contributed by atoms with Crippen molar-refractivity contribution in [2.75, 3.05) is 18.9 Å². The van der Waals surface area contributed by atoms with Crippen LogP contribution in [-0.2, 0) is 16.4 Å². The number of hydrogen-bond acceptors (Lipinski definition) is 4. The predicted octanol–water partition coefficient (Wildman–Crippen LogP) is 2.88. The molecule has 4 nitrogen and oxygen atoms in total. The van der Waals surface area contributed by atoms with Crippen LogP contribution >= 0.6 is 0 Å². The van der Waals surface area contributed by atoms with Crippen LogP contribution in [0.5, 0.6) is 5.75 Å². The summed E-state index contributed by atoms with van der Waals surface area (Å²) in [5.74, 6) is 0.970. The average molecular weight is 343 g/mol. The van der Waals surface area contributed by atoms with Crippen LogP contribution in [-0.4, -0.2) is 38.3 Å². The number of hydrogen-bond donors (Lipinski definition) is 0. The van der Waals surface area contributed by atoms with Gasteiger partial charge in [0, 0.05) is 24.5 Å². The summed E-state index contributed by atoms with van der Waals surface area (Å²) in [5.41, 5.74) is 1.16. The zero-order valence-electron chi connectivity index (χ0n) is 13.4. The summed E-state index contributed by atoms with van der Waals surface area (Å²) in [4.78, 5) is 2.15. The van der Waals surface area contributed by atoms with Gasteiger partial charge in [-0.05, 0) is 17.7 Å². The summed E-state index contributed by atoms with van der Waals surface area (Å²) in [7, 11) is -3.07. The molecule has 1 aliphatic heterocycles. The van der Waals surface area contributed by atoms with Crippen LogP contribution in [0.4, 0.5) is 0 Å². The minimum atomic E-state index is -3.07. The summed E-state index contributed by atoms with van der Waals surface area (Å²) >= 11 is 0. The number of ether oxygens (including phenoxy) is 1. The fourth-order valence-corrected chi connectivity index (χ4v) is 4.09. The lowest BCUT2D eigenvalue weighted by atomic mass is 10.2. The van der Waals surface area contributed by atoms with Crippen LogP contribution in [0.15, 0.2) is 72.1 Å². The van der Waals surface area contributed by atoms with Gasteiger partial charge in [0.2, 0.25) is 0 Å². The maximum atomic E-state index is 11.7. The van der Waals surface area contributed by atoms with E-state index in [1.807, 2.05) is 48.5 Å². The summed E-state index contributed by atoms with van der Waals surface area (Å²) in [6.45, 7) is 1.87. The van der Waals surface area contributed by atoms with Gasteiger partial charge in [-0.25, -0.2) is 8.42 Å². The van der Waals surface area contributed by atoms with E-state index in [4.69, 9.17) is 4.74 Å². The molecule has 0 fully saturated rings. The fourth-order valence-electron chi connectivity index (χ4n) is 2.76. The Kier molecular flexibility index (Phi) is 5.33. The number of nitrogens with zero attached hydrogens (tertiary/aromatic N) is 1. The summed E-state index contributed by atoms with van der Waals surface area (Å²) in [6, 6.07) is 19.6. The van der Waals surface area contributed by atoms with E-state index in [-0.39, 0.29) is 11.8 Å². The molecule has 1 atom stereocenters. The SMILES string of the molecule is O=S1(=O)C=CC(N(CCOc2ccccc2)Cc2ccccc2)C1. The van der Waals surface area contributed by atoms with E-state index in [1.165, 1.54) is 5.41 Å². The largest absolute Gasteiger partial charge is 0.492 e. The number of benzene rings is 2. The molecular formula is C19H21NO3S. The molecule has 0 N–H and O–H groups in total. The van der Waals surface area contributed by atoms with Gasteiger partial charge in [0.25, 0.3) is 0 Å². The average Bonchev–Trinajstić information content (AvgIpc) is 2.96. The smallest absolute Gasteiger partial charge is 0.173 e. The summed E-state index contributed by atoms with van der Waals surface area (Å²) < 4.78 is 29.3. The van der Waals surface area contributed by atoms with Crippen molar-refractivity contribution in [3.8, 4) is 5.75 Å². The molecule has 126 valence electrons. The van der Waals surface area contributed by atoms with Gasteiger partial charge in [-0.15, -0.1) is 0 Å². The predicted molar refractivity (Wildman–Crippen MR) is 95.5 cm³/mol. The Morgan fingerprint density at radius 2 is 1.67 bits per heavy atom. The molecule has 2 aromatic carbocycles. The maximum absolute atomic E-state index is 11.7. The standard InChI is InChI=1S/C19H21NO3S/c21-24(22)14-11-18(16-24)20(15-17-7-3-1-4-8-17)12-13-23-19-9-5-2-6-10-19/h1-11,14,18H,12-13,15-16H2. The molecule has 0 bridgehead atoms. The van der Waals surface area contributed by atoms with Gasteiger partial charge in [-0.1, -0.05) is 54.6 Å². The van der Waals surface area contributed by atoms with E-state index in [1.54, 1.807) is 6.08 Å². The van der Waals surface area contributed by atoms with E-state index < -0.39 is 9.84 Å². The van der Waals surface area contributed by atoms with E-state index >= 15 is 0 Å². The summed E-state index contributed by atoms with van der Waals surface area (Å²) in [6.07, 6.45) is 1.78. The molecule has 0 aliphatic carbocycles. The van der Waals surface area contributed by atoms with Crippen molar-refractivity contribution in [3.63, 3.8) is 0 Å². The van der Waals surface area contributed by atoms with Crippen molar-refractivity contribution in [1.29, 1.82) is 0 Å². The van der Waals surface area contributed by atoms with Crippen molar-refractivity contribution in [2.45, 2.75) is 12.6 Å². The van der Waals surface area contributed by atoms with Crippen LogP contribution in [0.1, 0.15) is 5.56 Å². The Morgan fingerprint density at radius 1 is 1.00 bits per heavy atom.